The summed E-state index contributed by atoms with van der Waals surface area (Å²) in [6, 6.07) is 6.01. The third-order valence-electron chi connectivity index (χ3n) is 2.61. The van der Waals surface area contributed by atoms with Crippen molar-refractivity contribution in [1.29, 1.82) is 0 Å². The van der Waals surface area contributed by atoms with Crippen LogP contribution in [0.4, 0.5) is 11.4 Å². The number of benzene rings is 1. The van der Waals surface area contributed by atoms with Gasteiger partial charge in [-0.3, -0.25) is 0 Å². The molecule has 0 aromatic heterocycles. The van der Waals surface area contributed by atoms with E-state index in [-0.39, 0.29) is 12.6 Å². The summed E-state index contributed by atoms with van der Waals surface area (Å²) in [6.45, 7) is 4.07. The quantitative estimate of drug-likeness (QED) is 0.715. The van der Waals surface area contributed by atoms with E-state index in [1.165, 1.54) is 0 Å². The number of aliphatic hydroxyl groups is 1. The molecule has 0 radical (unpaired) electrons. The molecular formula is C11H18N2O. The molecule has 1 aromatic carbocycles. The summed E-state index contributed by atoms with van der Waals surface area (Å²) in [5.41, 5.74) is 8.79. The summed E-state index contributed by atoms with van der Waals surface area (Å²) in [5, 5.41) is 9.04. The zero-order valence-corrected chi connectivity index (χ0v) is 8.99. The molecule has 1 atom stereocenters. The summed E-state index contributed by atoms with van der Waals surface area (Å²) in [5.74, 6) is 0. The molecule has 0 fully saturated rings. The maximum Gasteiger partial charge on any atom is 0.0632 e. The molecule has 0 bridgehead atoms. The van der Waals surface area contributed by atoms with Crippen LogP contribution in [-0.4, -0.2) is 24.8 Å². The number of likely N-dealkylation sites (N-methyl/N-ethyl adjacent to an activating group) is 1. The van der Waals surface area contributed by atoms with E-state index in [1.54, 1.807) is 0 Å². The molecule has 0 saturated carbocycles. The summed E-state index contributed by atoms with van der Waals surface area (Å²) >= 11 is 0. The van der Waals surface area contributed by atoms with Crippen molar-refractivity contribution in [3.05, 3.63) is 23.8 Å². The van der Waals surface area contributed by atoms with Crippen molar-refractivity contribution < 1.29 is 5.11 Å². The molecule has 1 aromatic rings. The normalized spacial score (nSPS) is 12.6. The van der Waals surface area contributed by atoms with E-state index in [0.29, 0.717) is 0 Å². The lowest BCUT2D eigenvalue weighted by Crippen LogP contribution is -2.32. The number of aryl methyl sites for hydroxylation is 1. The SMILES string of the molecule is Cc1cccc(N(C)C(C)CO)c1N. The number of nitrogens with zero attached hydrogens (tertiary/aromatic N) is 1. The Morgan fingerprint density at radius 3 is 2.71 bits per heavy atom. The molecule has 0 aliphatic heterocycles. The highest BCUT2D eigenvalue weighted by molar-refractivity contribution is 5.70. The third-order valence-corrected chi connectivity index (χ3v) is 2.61. The molecule has 14 heavy (non-hydrogen) atoms. The standard InChI is InChI=1S/C11H18N2O/c1-8-5-4-6-10(11(8)12)13(3)9(2)7-14/h4-6,9,14H,7,12H2,1-3H3. The average molecular weight is 194 g/mol. The fourth-order valence-electron chi connectivity index (χ4n) is 1.33. The first kappa shape index (κ1) is 10.9. The van der Waals surface area contributed by atoms with Gasteiger partial charge in [0.05, 0.1) is 18.0 Å². The molecule has 0 spiro atoms. The van der Waals surface area contributed by atoms with Crippen molar-refractivity contribution in [2.75, 3.05) is 24.3 Å². The Morgan fingerprint density at radius 1 is 1.50 bits per heavy atom. The first-order valence-electron chi connectivity index (χ1n) is 4.76. The van der Waals surface area contributed by atoms with Crippen LogP contribution in [0.3, 0.4) is 0 Å². The van der Waals surface area contributed by atoms with Crippen molar-refractivity contribution in [3.8, 4) is 0 Å². The highest BCUT2D eigenvalue weighted by atomic mass is 16.3. The van der Waals surface area contributed by atoms with Crippen LogP contribution in [-0.2, 0) is 0 Å². The summed E-state index contributed by atoms with van der Waals surface area (Å²) in [6.07, 6.45) is 0. The van der Waals surface area contributed by atoms with Gasteiger partial charge in [-0.25, -0.2) is 0 Å². The van der Waals surface area contributed by atoms with Crippen LogP contribution in [0.25, 0.3) is 0 Å². The van der Waals surface area contributed by atoms with Crippen molar-refractivity contribution in [2.24, 2.45) is 0 Å². The molecule has 0 heterocycles. The topological polar surface area (TPSA) is 49.5 Å². The molecule has 0 aliphatic carbocycles. The van der Waals surface area contributed by atoms with Gasteiger partial charge in [0, 0.05) is 13.1 Å². The minimum Gasteiger partial charge on any atom is -0.397 e. The van der Waals surface area contributed by atoms with Gasteiger partial charge in [-0.1, -0.05) is 12.1 Å². The van der Waals surface area contributed by atoms with E-state index in [2.05, 4.69) is 0 Å². The molecule has 3 N–H and O–H groups in total. The third kappa shape index (κ3) is 1.99. The lowest BCUT2D eigenvalue weighted by Gasteiger charge is -2.27. The second-order valence-electron chi connectivity index (χ2n) is 3.65. The summed E-state index contributed by atoms with van der Waals surface area (Å²) in [4.78, 5) is 1.99. The van der Waals surface area contributed by atoms with E-state index in [9.17, 15) is 0 Å². The molecule has 1 rings (SSSR count). The molecule has 3 heteroatoms. The van der Waals surface area contributed by atoms with Gasteiger partial charge in [0.1, 0.15) is 0 Å². The fraction of sp³-hybridized carbons (Fsp3) is 0.455. The van der Waals surface area contributed by atoms with Crippen LogP contribution in [0.2, 0.25) is 0 Å². The van der Waals surface area contributed by atoms with Gasteiger partial charge in [0.25, 0.3) is 0 Å². The smallest absolute Gasteiger partial charge is 0.0632 e. The molecule has 1 unspecified atom stereocenters. The van der Waals surface area contributed by atoms with Crippen LogP contribution in [0.15, 0.2) is 18.2 Å². The molecule has 78 valence electrons. The van der Waals surface area contributed by atoms with Crippen LogP contribution >= 0.6 is 0 Å². The number of nitrogens with two attached hydrogens (primary N) is 1. The molecule has 0 aliphatic rings. The van der Waals surface area contributed by atoms with Gasteiger partial charge in [0.15, 0.2) is 0 Å². The zero-order valence-electron chi connectivity index (χ0n) is 8.99. The van der Waals surface area contributed by atoms with Crippen LogP contribution in [0.5, 0.6) is 0 Å². The maximum atomic E-state index is 9.04. The zero-order chi connectivity index (χ0) is 10.7. The van der Waals surface area contributed by atoms with Crippen molar-refractivity contribution in [1.82, 2.24) is 0 Å². The Morgan fingerprint density at radius 2 is 2.14 bits per heavy atom. The Balaban J connectivity index is 3.01. The monoisotopic (exact) mass is 194 g/mol. The van der Waals surface area contributed by atoms with Crippen molar-refractivity contribution >= 4 is 11.4 Å². The lowest BCUT2D eigenvalue weighted by atomic mass is 10.1. The van der Waals surface area contributed by atoms with Gasteiger partial charge >= 0.3 is 0 Å². The molecule has 0 amide bonds. The van der Waals surface area contributed by atoms with Crippen LogP contribution < -0.4 is 10.6 Å². The number of rotatable bonds is 3. The summed E-state index contributed by atoms with van der Waals surface area (Å²) in [7, 11) is 1.94. The van der Waals surface area contributed by atoms with E-state index >= 15 is 0 Å². The highest BCUT2D eigenvalue weighted by Gasteiger charge is 2.11. The van der Waals surface area contributed by atoms with Gasteiger partial charge in [0.2, 0.25) is 0 Å². The predicted molar refractivity (Wildman–Crippen MR) is 60.5 cm³/mol. The van der Waals surface area contributed by atoms with Gasteiger partial charge < -0.3 is 15.7 Å². The second kappa shape index (κ2) is 4.33. The van der Waals surface area contributed by atoms with Gasteiger partial charge in [-0.2, -0.15) is 0 Å². The number of aliphatic hydroxyl groups excluding tert-OH is 1. The average Bonchev–Trinajstić information content (AvgIpc) is 2.20. The molecule has 0 saturated heterocycles. The Kier molecular flexibility index (Phi) is 3.36. The number of nitrogen functional groups attached to an aromatic ring is 1. The van der Waals surface area contributed by atoms with Crippen molar-refractivity contribution in [3.63, 3.8) is 0 Å². The first-order valence-corrected chi connectivity index (χ1v) is 4.76. The highest BCUT2D eigenvalue weighted by Crippen LogP contribution is 2.26. The van der Waals surface area contributed by atoms with Crippen LogP contribution in [0.1, 0.15) is 12.5 Å². The van der Waals surface area contributed by atoms with Gasteiger partial charge in [-0.05, 0) is 25.5 Å². The van der Waals surface area contributed by atoms with Crippen LogP contribution in [0, 0.1) is 6.92 Å². The molecular weight excluding hydrogens is 176 g/mol. The second-order valence-corrected chi connectivity index (χ2v) is 3.65. The lowest BCUT2D eigenvalue weighted by molar-refractivity contribution is 0.270. The number of para-hydroxylation sites is 1. The number of hydrogen-bond donors (Lipinski definition) is 2. The number of hydrogen-bond acceptors (Lipinski definition) is 3. The van der Waals surface area contributed by atoms with E-state index in [4.69, 9.17) is 10.8 Å². The minimum absolute atomic E-state index is 0.0825. The van der Waals surface area contributed by atoms with Crippen molar-refractivity contribution in [2.45, 2.75) is 19.9 Å². The Labute approximate surface area is 85.2 Å². The predicted octanol–water partition coefficient (Wildman–Crippen LogP) is 1.39. The first-order chi connectivity index (χ1) is 6.57. The van der Waals surface area contributed by atoms with Gasteiger partial charge in [-0.15, -0.1) is 0 Å². The summed E-state index contributed by atoms with van der Waals surface area (Å²) < 4.78 is 0. The van der Waals surface area contributed by atoms with E-state index in [1.807, 2.05) is 44.0 Å². The largest absolute Gasteiger partial charge is 0.397 e. The Bertz CT molecular complexity index is 312. The molecule has 3 nitrogen and oxygen atoms in total. The maximum absolute atomic E-state index is 9.04. The minimum atomic E-state index is 0.0825. The number of anilines is 2. The Hall–Kier alpha value is -1.22. The van der Waals surface area contributed by atoms with E-state index < -0.39 is 0 Å². The van der Waals surface area contributed by atoms with E-state index in [0.717, 1.165) is 16.9 Å². The fourth-order valence-corrected chi connectivity index (χ4v) is 1.33.